The van der Waals surface area contributed by atoms with Gasteiger partial charge in [-0.2, -0.15) is 5.10 Å². The zero-order chi connectivity index (χ0) is 12.4. The van der Waals surface area contributed by atoms with E-state index in [9.17, 15) is 4.79 Å². The van der Waals surface area contributed by atoms with Gasteiger partial charge in [-0.1, -0.05) is 24.3 Å². The standard InChI is InChI=1S/C14H15N3O/c18-14(12-8-15-16-9-12)17-13-6-5-10-3-1-2-4-11(10)7-13/h1-4,8-9,13H,5-7H2,(H,15,16)(H,17,18). The number of H-pyrrole nitrogens is 1. The minimum atomic E-state index is -0.0480. The highest BCUT2D eigenvalue weighted by atomic mass is 16.1. The van der Waals surface area contributed by atoms with E-state index in [2.05, 4.69) is 39.8 Å². The van der Waals surface area contributed by atoms with E-state index in [0.29, 0.717) is 5.56 Å². The van der Waals surface area contributed by atoms with Crippen LogP contribution in [0, 0.1) is 0 Å². The SMILES string of the molecule is O=C(NC1CCc2ccccc2C1)c1cn[nH]c1. The summed E-state index contributed by atoms with van der Waals surface area (Å²) in [5.41, 5.74) is 3.35. The smallest absolute Gasteiger partial charge is 0.254 e. The van der Waals surface area contributed by atoms with E-state index in [4.69, 9.17) is 0 Å². The molecule has 18 heavy (non-hydrogen) atoms. The van der Waals surface area contributed by atoms with Crippen molar-refractivity contribution in [1.29, 1.82) is 0 Å². The molecule has 0 saturated heterocycles. The van der Waals surface area contributed by atoms with Gasteiger partial charge >= 0.3 is 0 Å². The van der Waals surface area contributed by atoms with Crippen molar-refractivity contribution in [2.75, 3.05) is 0 Å². The summed E-state index contributed by atoms with van der Waals surface area (Å²) in [4.78, 5) is 11.9. The Bertz CT molecular complexity index is 548. The van der Waals surface area contributed by atoms with Gasteiger partial charge in [0.15, 0.2) is 0 Å². The summed E-state index contributed by atoms with van der Waals surface area (Å²) in [5, 5.41) is 9.50. The Labute approximate surface area is 105 Å². The third kappa shape index (κ3) is 2.14. The van der Waals surface area contributed by atoms with Gasteiger partial charge in [0.1, 0.15) is 0 Å². The van der Waals surface area contributed by atoms with Crippen molar-refractivity contribution < 1.29 is 4.79 Å². The van der Waals surface area contributed by atoms with Crippen molar-refractivity contribution in [2.45, 2.75) is 25.3 Å². The molecule has 0 fully saturated rings. The van der Waals surface area contributed by atoms with E-state index in [0.717, 1.165) is 19.3 Å². The van der Waals surface area contributed by atoms with Gasteiger partial charge in [0, 0.05) is 12.2 Å². The van der Waals surface area contributed by atoms with Crippen LogP contribution < -0.4 is 5.32 Å². The highest BCUT2D eigenvalue weighted by molar-refractivity contribution is 5.93. The number of hydrogen-bond donors (Lipinski definition) is 2. The zero-order valence-electron chi connectivity index (χ0n) is 10.0. The molecule has 1 aliphatic carbocycles. The third-order valence-electron chi connectivity index (χ3n) is 3.44. The number of nitrogens with zero attached hydrogens (tertiary/aromatic N) is 1. The van der Waals surface area contributed by atoms with Crippen molar-refractivity contribution in [3.63, 3.8) is 0 Å². The Morgan fingerprint density at radius 3 is 2.94 bits per heavy atom. The molecule has 0 bridgehead atoms. The highest BCUT2D eigenvalue weighted by Gasteiger charge is 2.20. The lowest BCUT2D eigenvalue weighted by Crippen LogP contribution is -2.38. The predicted molar refractivity (Wildman–Crippen MR) is 68.3 cm³/mol. The molecule has 0 spiro atoms. The van der Waals surface area contributed by atoms with Crippen molar-refractivity contribution in [3.05, 3.63) is 53.3 Å². The Hall–Kier alpha value is -2.10. The van der Waals surface area contributed by atoms with Crippen LogP contribution in [0.5, 0.6) is 0 Å². The van der Waals surface area contributed by atoms with Gasteiger partial charge < -0.3 is 5.32 Å². The number of carbonyl (C=O) groups excluding carboxylic acids is 1. The van der Waals surface area contributed by atoms with Crippen LogP contribution in [0.3, 0.4) is 0 Å². The van der Waals surface area contributed by atoms with Crippen LogP contribution in [-0.2, 0) is 12.8 Å². The molecule has 1 heterocycles. The summed E-state index contributed by atoms with van der Waals surface area (Å²) < 4.78 is 0. The number of aromatic amines is 1. The molecule has 1 atom stereocenters. The monoisotopic (exact) mass is 241 g/mol. The van der Waals surface area contributed by atoms with Crippen LogP contribution in [0.4, 0.5) is 0 Å². The van der Waals surface area contributed by atoms with Crippen LogP contribution in [-0.4, -0.2) is 22.1 Å². The minimum absolute atomic E-state index is 0.0480. The van der Waals surface area contributed by atoms with Crippen LogP contribution in [0.25, 0.3) is 0 Å². The van der Waals surface area contributed by atoms with Gasteiger partial charge in [-0.05, 0) is 30.4 Å². The molecule has 4 heteroatoms. The Morgan fingerprint density at radius 2 is 2.17 bits per heavy atom. The number of amides is 1. The van der Waals surface area contributed by atoms with E-state index >= 15 is 0 Å². The lowest BCUT2D eigenvalue weighted by atomic mass is 9.88. The first-order chi connectivity index (χ1) is 8.83. The van der Waals surface area contributed by atoms with Gasteiger partial charge in [-0.25, -0.2) is 0 Å². The van der Waals surface area contributed by atoms with Gasteiger partial charge in [-0.15, -0.1) is 0 Å². The van der Waals surface area contributed by atoms with Gasteiger partial charge in [0.25, 0.3) is 5.91 Å². The molecular weight excluding hydrogens is 226 g/mol. The van der Waals surface area contributed by atoms with Crippen LogP contribution >= 0.6 is 0 Å². The number of benzene rings is 1. The van der Waals surface area contributed by atoms with E-state index in [1.165, 1.54) is 11.1 Å². The number of fused-ring (bicyclic) bond motifs is 1. The van der Waals surface area contributed by atoms with Crippen molar-refractivity contribution in [3.8, 4) is 0 Å². The molecule has 3 rings (SSSR count). The van der Waals surface area contributed by atoms with Crippen molar-refractivity contribution >= 4 is 5.91 Å². The first-order valence-electron chi connectivity index (χ1n) is 6.19. The topological polar surface area (TPSA) is 57.8 Å². The molecule has 0 aliphatic heterocycles. The molecule has 1 unspecified atom stereocenters. The zero-order valence-corrected chi connectivity index (χ0v) is 10.0. The number of nitrogens with one attached hydrogen (secondary N) is 2. The number of aromatic nitrogens is 2. The normalized spacial score (nSPS) is 18.1. The van der Waals surface area contributed by atoms with E-state index in [-0.39, 0.29) is 11.9 Å². The molecule has 92 valence electrons. The molecule has 1 aromatic heterocycles. The number of aryl methyl sites for hydroxylation is 1. The van der Waals surface area contributed by atoms with Gasteiger partial charge in [0.05, 0.1) is 11.8 Å². The van der Waals surface area contributed by atoms with Crippen molar-refractivity contribution in [1.82, 2.24) is 15.5 Å². The summed E-state index contributed by atoms with van der Waals surface area (Å²) in [7, 11) is 0. The fourth-order valence-electron chi connectivity index (χ4n) is 2.46. The second-order valence-electron chi connectivity index (χ2n) is 4.67. The summed E-state index contributed by atoms with van der Waals surface area (Å²) in [5.74, 6) is -0.0480. The molecule has 0 saturated carbocycles. The fraction of sp³-hybridized carbons (Fsp3) is 0.286. The fourth-order valence-corrected chi connectivity index (χ4v) is 2.46. The van der Waals surface area contributed by atoms with Crippen molar-refractivity contribution in [2.24, 2.45) is 0 Å². The predicted octanol–water partition coefficient (Wildman–Crippen LogP) is 1.70. The Morgan fingerprint density at radius 1 is 1.33 bits per heavy atom. The molecule has 4 nitrogen and oxygen atoms in total. The number of carbonyl (C=O) groups is 1. The average molecular weight is 241 g/mol. The first kappa shape index (κ1) is 11.0. The molecule has 2 aromatic rings. The molecule has 1 aliphatic rings. The van der Waals surface area contributed by atoms with Crippen LogP contribution in [0.1, 0.15) is 27.9 Å². The molecule has 1 aromatic carbocycles. The summed E-state index contributed by atoms with van der Waals surface area (Å²) in [6.45, 7) is 0. The molecular formula is C14H15N3O. The molecule has 1 amide bonds. The quantitative estimate of drug-likeness (QED) is 0.840. The minimum Gasteiger partial charge on any atom is -0.349 e. The average Bonchev–Trinajstić information content (AvgIpc) is 2.92. The Balaban J connectivity index is 1.68. The lowest BCUT2D eigenvalue weighted by molar-refractivity contribution is 0.0934. The number of rotatable bonds is 2. The van der Waals surface area contributed by atoms with E-state index in [1.807, 2.05) is 0 Å². The van der Waals surface area contributed by atoms with E-state index in [1.54, 1.807) is 12.4 Å². The summed E-state index contributed by atoms with van der Waals surface area (Å²) in [6.07, 6.45) is 6.12. The highest BCUT2D eigenvalue weighted by Crippen LogP contribution is 2.21. The Kier molecular flexibility index (Phi) is 2.84. The van der Waals surface area contributed by atoms with Gasteiger partial charge in [-0.3, -0.25) is 9.89 Å². The van der Waals surface area contributed by atoms with Gasteiger partial charge in [0.2, 0.25) is 0 Å². The molecule has 2 N–H and O–H groups in total. The summed E-state index contributed by atoms with van der Waals surface area (Å²) in [6, 6.07) is 8.67. The second kappa shape index (κ2) is 4.64. The van der Waals surface area contributed by atoms with Crippen LogP contribution in [0.15, 0.2) is 36.7 Å². The third-order valence-corrected chi connectivity index (χ3v) is 3.44. The first-order valence-corrected chi connectivity index (χ1v) is 6.19. The number of hydrogen-bond acceptors (Lipinski definition) is 2. The second-order valence-corrected chi connectivity index (χ2v) is 4.67. The van der Waals surface area contributed by atoms with E-state index < -0.39 is 0 Å². The largest absolute Gasteiger partial charge is 0.349 e. The lowest BCUT2D eigenvalue weighted by Gasteiger charge is -2.25. The summed E-state index contributed by atoms with van der Waals surface area (Å²) >= 11 is 0. The maximum absolute atomic E-state index is 11.9. The van der Waals surface area contributed by atoms with Crippen LogP contribution in [0.2, 0.25) is 0 Å². The maximum Gasteiger partial charge on any atom is 0.254 e. The molecule has 0 radical (unpaired) electrons. The maximum atomic E-state index is 11.9.